The lowest BCUT2D eigenvalue weighted by Gasteiger charge is -2.14. The van der Waals surface area contributed by atoms with Gasteiger partial charge in [-0.25, -0.2) is 0 Å². The zero-order chi connectivity index (χ0) is 10.9. The summed E-state index contributed by atoms with van der Waals surface area (Å²) in [4.78, 5) is 22.0. The fourth-order valence-corrected chi connectivity index (χ4v) is 1.22. The Morgan fingerprint density at radius 3 is 2.57 bits per heavy atom. The number of aliphatic hydroxyl groups is 2. The summed E-state index contributed by atoms with van der Waals surface area (Å²) in [6.07, 6.45) is -5.43. The average Bonchev–Trinajstić information content (AvgIpc) is 2.43. The van der Waals surface area contributed by atoms with Crippen molar-refractivity contribution in [1.29, 1.82) is 0 Å². The Hall–Kier alpha value is -0.820. The lowest BCUT2D eigenvalue weighted by Crippen LogP contribution is -2.38. The van der Waals surface area contributed by atoms with E-state index >= 15 is 0 Å². The Balaban J connectivity index is 2.74. The highest BCUT2D eigenvalue weighted by molar-refractivity contribution is 5.95. The summed E-state index contributed by atoms with van der Waals surface area (Å²) >= 11 is 0. The highest BCUT2D eigenvalue weighted by atomic mass is 16.7. The fraction of sp³-hybridized carbons (Fsp3) is 0.750. The van der Waals surface area contributed by atoms with Gasteiger partial charge in [-0.15, -0.1) is 0 Å². The standard InChI is InChI=1S/C8H12O6/c1-3(9)4(10)7-5(11)6(12)8(13-2)14-7/h4,6-8,10,12H,1-2H3. The summed E-state index contributed by atoms with van der Waals surface area (Å²) in [5.74, 6) is -1.33. The molecule has 0 amide bonds. The molecule has 0 spiro atoms. The highest BCUT2D eigenvalue weighted by Gasteiger charge is 2.47. The van der Waals surface area contributed by atoms with Crippen molar-refractivity contribution in [2.24, 2.45) is 0 Å². The van der Waals surface area contributed by atoms with Crippen LogP contribution in [0.1, 0.15) is 6.92 Å². The molecule has 1 aliphatic rings. The Bertz CT molecular complexity index is 250. The number of carbonyl (C=O) groups is 2. The number of ketones is 2. The molecule has 0 aromatic rings. The number of ether oxygens (including phenoxy) is 2. The van der Waals surface area contributed by atoms with Gasteiger partial charge >= 0.3 is 0 Å². The molecule has 0 aliphatic carbocycles. The molecule has 0 saturated carbocycles. The van der Waals surface area contributed by atoms with Crippen LogP contribution in [0.25, 0.3) is 0 Å². The van der Waals surface area contributed by atoms with Gasteiger partial charge in [-0.2, -0.15) is 0 Å². The van der Waals surface area contributed by atoms with Gasteiger partial charge in [-0.3, -0.25) is 9.59 Å². The van der Waals surface area contributed by atoms with Gasteiger partial charge in [0.25, 0.3) is 0 Å². The molecule has 0 bridgehead atoms. The van der Waals surface area contributed by atoms with Crippen LogP contribution < -0.4 is 0 Å². The van der Waals surface area contributed by atoms with Gasteiger partial charge in [0, 0.05) is 7.11 Å². The van der Waals surface area contributed by atoms with Crippen molar-refractivity contribution in [3.8, 4) is 0 Å². The minimum Gasteiger partial charge on any atom is -0.382 e. The van der Waals surface area contributed by atoms with Crippen LogP contribution >= 0.6 is 0 Å². The van der Waals surface area contributed by atoms with Crippen molar-refractivity contribution in [2.75, 3.05) is 7.11 Å². The average molecular weight is 204 g/mol. The van der Waals surface area contributed by atoms with E-state index in [9.17, 15) is 19.8 Å². The van der Waals surface area contributed by atoms with E-state index in [0.717, 1.165) is 6.92 Å². The number of carbonyl (C=O) groups excluding carboxylic acids is 2. The monoisotopic (exact) mass is 204 g/mol. The Kier molecular flexibility index (Phi) is 3.33. The van der Waals surface area contributed by atoms with Crippen molar-refractivity contribution in [1.82, 2.24) is 0 Å². The molecule has 1 fully saturated rings. The smallest absolute Gasteiger partial charge is 0.198 e. The topological polar surface area (TPSA) is 93.1 Å². The van der Waals surface area contributed by atoms with Crippen molar-refractivity contribution in [3.63, 3.8) is 0 Å². The summed E-state index contributed by atoms with van der Waals surface area (Å²) in [6, 6.07) is 0. The number of aliphatic hydroxyl groups excluding tert-OH is 2. The lowest BCUT2D eigenvalue weighted by molar-refractivity contribution is -0.167. The van der Waals surface area contributed by atoms with Crippen LogP contribution in [0.3, 0.4) is 0 Å². The van der Waals surface area contributed by atoms with Gasteiger partial charge in [0.2, 0.25) is 0 Å². The third-order valence-electron chi connectivity index (χ3n) is 2.05. The van der Waals surface area contributed by atoms with E-state index in [2.05, 4.69) is 4.74 Å². The van der Waals surface area contributed by atoms with E-state index in [1.807, 2.05) is 0 Å². The van der Waals surface area contributed by atoms with Crippen molar-refractivity contribution in [3.05, 3.63) is 0 Å². The summed E-state index contributed by atoms with van der Waals surface area (Å²) in [5.41, 5.74) is 0. The first kappa shape index (κ1) is 11.3. The summed E-state index contributed by atoms with van der Waals surface area (Å²) in [5, 5.41) is 18.5. The molecule has 80 valence electrons. The summed E-state index contributed by atoms with van der Waals surface area (Å²) in [6.45, 7) is 1.13. The zero-order valence-electron chi connectivity index (χ0n) is 7.84. The second-order valence-electron chi connectivity index (χ2n) is 3.06. The Morgan fingerprint density at radius 2 is 2.21 bits per heavy atom. The molecule has 0 radical (unpaired) electrons. The molecule has 6 nitrogen and oxygen atoms in total. The molecule has 1 aliphatic heterocycles. The number of hydrogen-bond donors (Lipinski definition) is 2. The Labute approximate surface area is 80.4 Å². The van der Waals surface area contributed by atoms with Gasteiger partial charge in [0.15, 0.2) is 30.1 Å². The third kappa shape index (κ3) is 1.83. The minimum absolute atomic E-state index is 0.590. The summed E-state index contributed by atoms with van der Waals surface area (Å²) < 4.78 is 9.50. The summed E-state index contributed by atoms with van der Waals surface area (Å²) in [7, 11) is 1.25. The van der Waals surface area contributed by atoms with Crippen molar-refractivity contribution < 1.29 is 29.3 Å². The molecular weight excluding hydrogens is 192 g/mol. The molecule has 4 atom stereocenters. The number of methoxy groups -OCH3 is 1. The molecule has 0 aromatic carbocycles. The SMILES string of the molecule is COC1OC(C(O)C(C)=O)C(=O)C1O. The molecule has 4 unspecified atom stereocenters. The van der Waals surface area contributed by atoms with Crippen LogP contribution in [0.2, 0.25) is 0 Å². The predicted octanol–water partition coefficient (Wildman–Crippen LogP) is -1.76. The van der Waals surface area contributed by atoms with Gasteiger partial charge in [-0.05, 0) is 6.92 Å². The molecule has 2 N–H and O–H groups in total. The van der Waals surface area contributed by atoms with Crippen molar-refractivity contribution >= 4 is 11.6 Å². The van der Waals surface area contributed by atoms with Crippen LogP contribution in [0.4, 0.5) is 0 Å². The van der Waals surface area contributed by atoms with Crippen LogP contribution in [-0.4, -0.2) is 53.5 Å². The largest absolute Gasteiger partial charge is 0.382 e. The van der Waals surface area contributed by atoms with Crippen LogP contribution in [-0.2, 0) is 19.1 Å². The molecule has 1 saturated heterocycles. The Morgan fingerprint density at radius 1 is 1.64 bits per heavy atom. The first-order valence-electron chi connectivity index (χ1n) is 4.07. The van der Waals surface area contributed by atoms with E-state index in [4.69, 9.17) is 4.74 Å². The number of rotatable bonds is 3. The van der Waals surface area contributed by atoms with Gasteiger partial charge in [0.05, 0.1) is 0 Å². The van der Waals surface area contributed by atoms with Gasteiger partial charge in [-0.1, -0.05) is 0 Å². The lowest BCUT2D eigenvalue weighted by atomic mass is 10.1. The maximum Gasteiger partial charge on any atom is 0.198 e. The van der Waals surface area contributed by atoms with Crippen molar-refractivity contribution in [2.45, 2.75) is 31.5 Å². The maximum absolute atomic E-state index is 11.3. The maximum atomic E-state index is 11.3. The second kappa shape index (κ2) is 4.14. The first-order valence-corrected chi connectivity index (χ1v) is 4.07. The van der Waals surface area contributed by atoms with E-state index in [-0.39, 0.29) is 0 Å². The fourth-order valence-electron chi connectivity index (χ4n) is 1.22. The zero-order valence-corrected chi connectivity index (χ0v) is 7.84. The number of Topliss-reactive ketones (excluding diaryl/α,β-unsaturated/α-hetero) is 2. The van der Waals surface area contributed by atoms with E-state index in [0.29, 0.717) is 0 Å². The minimum atomic E-state index is -1.54. The second-order valence-corrected chi connectivity index (χ2v) is 3.06. The molecule has 1 rings (SSSR count). The normalized spacial score (nSPS) is 34.6. The van der Waals surface area contributed by atoms with Crippen LogP contribution in [0.15, 0.2) is 0 Å². The molecule has 0 aromatic heterocycles. The quantitative estimate of drug-likeness (QED) is 0.565. The third-order valence-corrected chi connectivity index (χ3v) is 2.05. The van der Waals surface area contributed by atoms with Gasteiger partial charge < -0.3 is 19.7 Å². The van der Waals surface area contributed by atoms with E-state index in [1.165, 1.54) is 7.11 Å². The molecule has 6 heteroatoms. The highest BCUT2D eigenvalue weighted by Crippen LogP contribution is 2.20. The van der Waals surface area contributed by atoms with Gasteiger partial charge in [0.1, 0.15) is 6.10 Å². The van der Waals surface area contributed by atoms with E-state index in [1.54, 1.807) is 0 Å². The predicted molar refractivity (Wildman–Crippen MR) is 43.4 cm³/mol. The van der Waals surface area contributed by atoms with Crippen LogP contribution in [0.5, 0.6) is 0 Å². The number of hydrogen-bond acceptors (Lipinski definition) is 6. The molecular formula is C8H12O6. The van der Waals surface area contributed by atoms with E-state index < -0.39 is 36.2 Å². The first-order chi connectivity index (χ1) is 6.49. The van der Waals surface area contributed by atoms with Crippen LogP contribution in [0, 0.1) is 0 Å². The molecule has 14 heavy (non-hydrogen) atoms. The molecule has 1 heterocycles.